The average Bonchev–Trinajstić information content (AvgIpc) is 2.88. The molecule has 1 N–H and O–H groups in total. The Morgan fingerprint density at radius 3 is 2.94 bits per heavy atom. The molecule has 0 radical (unpaired) electrons. The van der Waals surface area contributed by atoms with Gasteiger partial charge in [-0.25, -0.2) is 0 Å². The molecule has 2 aromatic heterocycles. The number of rotatable bonds is 5. The van der Waals surface area contributed by atoms with Crippen LogP contribution in [0, 0.1) is 0 Å². The van der Waals surface area contributed by atoms with Gasteiger partial charge in [-0.15, -0.1) is 22.7 Å². The van der Waals surface area contributed by atoms with Gasteiger partial charge >= 0.3 is 0 Å². The fraction of sp³-hybridized carbons (Fsp3) is 0.364. The lowest BCUT2D eigenvalue weighted by molar-refractivity contribution is 0.561. The van der Waals surface area contributed by atoms with Gasteiger partial charge in [0.1, 0.15) is 0 Å². The van der Waals surface area contributed by atoms with Crippen molar-refractivity contribution in [2.24, 2.45) is 0 Å². The van der Waals surface area contributed by atoms with E-state index < -0.39 is 0 Å². The van der Waals surface area contributed by atoms with Crippen molar-refractivity contribution in [2.45, 2.75) is 19.4 Å². The number of thiophene rings is 1. The molecule has 5 heteroatoms. The molecule has 2 nitrogen and oxygen atoms in total. The summed E-state index contributed by atoms with van der Waals surface area (Å²) in [5.41, 5.74) is 1.87. The number of aromatic nitrogens is 1. The van der Waals surface area contributed by atoms with Crippen LogP contribution in [-0.4, -0.2) is 11.5 Å². The number of hydrogen-bond donors (Lipinski definition) is 1. The zero-order chi connectivity index (χ0) is 11.4. The molecule has 86 valence electrons. The van der Waals surface area contributed by atoms with Gasteiger partial charge in [-0.2, -0.15) is 0 Å². The quantitative estimate of drug-likeness (QED) is 0.897. The predicted octanol–water partition coefficient (Wildman–Crippen LogP) is 3.75. The van der Waals surface area contributed by atoms with Gasteiger partial charge in [-0.3, -0.25) is 4.98 Å². The molecule has 0 fully saturated rings. The van der Waals surface area contributed by atoms with Crippen LogP contribution in [0.1, 0.15) is 22.7 Å². The van der Waals surface area contributed by atoms with Gasteiger partial charge in [0.05, 0.1) is 9.85 Å². The van der Waals surface area contributed by atoms with Crippen LogP contribution < -0.4 is 5.32 Å². The van der Waals surface area contributed by atoms with E-state index in [1.54, 1.807) is 22.7 Å². The van der Waals surface area contributed by atoms with E-state index >= 15 is 0 Å². The summed E-state index contributed by atoms with van der Waals surface area (Å²) in [6.07, 6.45) is 2.92. The zero-order valence-corrected chi connectivity index (χ0v) is 11.3. The molecular formula is C11H13ClN2S2. The molecule has 0 amide bonds. The van der Waals surface area contributed by atoms with E-state index in [0.29, 0.717) is 6.04 Å². The van der Waals surface area contributed by atoms with Crippen LogP contribution in [0.2, 0.25) is 4.34 Å². The first kappa shape index (κ1) is 12.0. The van der Waals surface area contributed by atoms with Crippen molar-refractivity contribution < 1.29 is 0 Å². The second kappa shape index (κ2) is 5.77. The second-order valence-electron chi connectivity index (χ2n) is 3.42. The molecular weight excluding hydrogens is 260 g/mol. The number of nitrogens with one attached hydrogen (secondary N) is 1. The SMILES string of the molecule is CCNC(Cc1cncs1)c1ccc(Cl)s1. The predicted molar refractivity (Wildman–Crippen MR) is 71.6 cm³/mol. The molecule has 0 spiro atoms. The van der Waals surface area contributed by atoms with Crippen molar-refractivity contribution in [1.29, 1.82) is 0 Å². The van der Waals surface area contributed by atoms with Crippen molar-refractivity contribution in [1.82, 2.24) is 10.3 Å². The molecule has 0 saturated carbocycles. The molecule has 16 heavy (non-hydrogen) atoms. The smallest absolute Gasteiger partial charge is 0.0931 e. The van der Waals surface area contributed by atoms with E-state index in [0.717, 1.165) is 17.3 Å². The number of likely N-dealkylation sites (N-methyl/N-ethyl adjacent to an activating group) is 1. The topological polar surface area (TPSA) is 24.9 Å². The Bertz CT molecular complexity index is 425. The van der Waals surface area contributed by atoms with Crippen LogP contribution in [-0.2, 0) is 6.42 Å². The first-order chi connectivity index (χ1) is 7.79. The fourth-order valence-electron chi connectivity index (χ4n) is 1.58. The maximum Gasteiger partial charge on any atom is 0.0931 e. The fourth-order valence-corrected chi connectivity index (χ4v) is 3.36. The first-order valence-electron chi connectivity index (χ1n) is 5.15. The van der Waals surface area contributed by atoms with E-state index in [-0.39, 0.29) is 0 Å². The van der Waals surface area contributed by atoms with Gasteiger partial charge in [0.2, 0.25) is 0 Å². The van der Waals surface area contributed by atoms with Crippen LogP contribution in [0.25, 0.3) is 0 Å². The highest BCUT2D eigenvalue weighted by Gasteiger charge is 2.14. The molecule has 0 saturated heterocycles. The first-order valence-corrected chi connectivity index (χ1v) is 7.23. The number of thiazole rings is 1. The number of hydrogen-bond acceptors (Lipinski definition) is 4. The maximum atomic E-state index is 5.97. The Hall–Kier alpha value is -0.420. The average molecular weight is 273 g/mol. The van der Waals surface area contributed by atoms with Crippen molar-refractivity contribution in [2.75, 3.05) is 6.54 Å². The molecule has 2 rings (SSSR count). The number of halogens is 1. The molecule has 0 aliphatic heterocycles. The van der Waals surface area contributed by atoms with Crippen LogP contribution in [0.4, 0.5) is 0 Å². The van der Waals surface area contributed by atoms with Crippen molar-refractivity contribution >= 4 is 34.3 Å². The third kappa shape index (κ3) is 3.04. The summed E-state index contributed by atoms with van der Waals surface area (Å²) in [6.45, 7) is 3.08. The van der Waals surface area contributed by atoms with Gasteiger partial charge in [0, 0.05) is 28.4 Å². The van der Waals surface area contributed by atoms with Crippen LogP contribution in [0.5, 0.6) is 0 Å². The van der Waals surface area contributed by atoms with Gasteiger partial charge in [-0.1, -0.05) is 18.5 Å². The summed E-state index contributed by atoms with van der Waals surface area (Å²) in [4.78, 5) is 6.70. The molecule has 0 aromatic carbocycles. The maximum absolute atomic E-state index is 5.97. The van der Waals surface area contributed by atoms with Crippen molar-refractivity contribution in [3.63, 3.8) is 0 Å². The molecule has 1 atom stereocenters. The van der Waals surface area contributed by atoms with Crippen molar-refractivity contribution in [3.05, 3.63) is 37.9 Å². The van der Waals surface area contributed by atoms with Gasteiger partial charge in [0.15, 0.2) is 0 Å². The highest BCUT2D eigenvalue weighted by Crippen LogP contribution is 2.29. The molecule has 2 aromatic rings. The minimum Gasteiger partial charge on any atom is -0.309 e. The summed E-state index contributed by atoms with van der Waals surface area (Å²) in [6, 6.07) is 4.41. The summed E-state index contributed by atoms with van der Waals surface area (Å²) in [5, 5.41) is 3.48. The van der Waals surface area contributed by atoms with Gasteiger partial charge < -0.3 is 5.32 Å². The van der Waals surface area contributed by atoms with Crippen LogP contribution in [0.15, 0.2) is 23.8 Å². The molecule has 0 bridgehead atoms. The molecule has 0 aliphatic rings. The lowest BCUT2D eigenvalue weighted by Gasteiger charge is -2.14. The Morgan fingerprint density at radius 2 is 2.38 bits per heavy atom. The lowest BCUT2D eigenvalue weighted by Crippen LogP contribution is -2.21. The van der Waals surface area contributed by atoms with E-state index in [2.05, 4.69) is 23.3 Å². The second-order valence-corrected chi connectivity index (χ2v) is 6.14. The van der Waals surface area contributed by atoms with Crippen LogP contribution in [0.3, 0.4) is 0 Å². The third-order valence-electron chi connectivity index (χ3n) is 2.28. The Labute approximate surface area is 108 Å². The summed E-state index contributed by atoms with van der Waals surface area (Å²) >= 11 is 9.31. The van der Waals surface area contributed by atoms with Gasteiger partial charge in [-0.05, 0) is 18.7 Å². The highest BCUT2D eigenvalue weighted by molar-refractivity contribution is 7.16. The molecule has 2 heterocycles. The zero-order valence-electron chi connectivity index (χ0n) is 8.94. The van der Waals surface area contributed by atoms with Crippen molar-refractivity contribution in [3.8, 4) is 0 Å². The number of nitrogens with zero attached hydrogens (tertiary/aromatic N) is 1. The minimum atomic E-state index is 0.350. The van der Waals surface area contributed by atoms with E-state index in [1.165, 1.54) is 9.75 Å². The Kier molecular flexibility index (Phi) is 4.35. The molecule has 0 aliphatic carbocycles. The molecule has 1 unspecified atom stereocenters. The summed E-state index contributed by atoms with van der Waals surface area (Å²) in [7, 11) is 0. The Balaban J connectivity index is 2.11. The summed E-state index contributed by atoms with van der Waals surface area (Å²) < 4.78 is 0.849. The van der Waals surface area contributed by atoms with Gasteiger partial charge in [0.25, 0.3) is 0 Å². The minimum absolute atomic E-state index is 0.350. The summed E-state index contributed by atoms with van der Waals surface area (Å²) in [5.74, 6) is 0. The van der Waals surface area contributed by atoms with E-state index in [9.17, 15) is 0 Å². The monoisotopic (exact) mass is 272 g/mol. The van der Waals surface area contributed by atoms with E-state index in [1.807, 2.05) is 17.8 Å². The highest BCUT2D eigenvalue weighted by atomic mass is 35.5. The van der Waals surface area contributed by atoms with E-state index in [4.69, 9.17) is 11.6 Å². The normalized spacial score (nSPS) is 12.9. The lowest BCUT2D eigenvalue weighted by atomic mass is 10.1. The van der Waals surface area contributed by atoms with Crippen LogP contribution >= 0.6 is 34.3 Å². The Morgan fingerprint density at radius 1 is 1.50 bits per heavy atom. The largest absolute Gasteiger partial charge is 0.309 e. The standard InChI is InChI=1S/C11H13ClN2S2/c1-2-14-9(5-8-6-13-7-15-8)10-3-4-11(12)16-10/h3-4,6-7,9,14H,2,5H2,1H3. The third-order valence-corrected chi connectivity index (χ3v) is 4.42.